The van der Waals surface area contributed by atoms with Crippen molar-refractivity contribution in [2.75, 3.05) is 6.16 Å². The Labute approximate surface area is 105 Å². The molecule has 102 valence electrons. The molecule has 0 aliphatic heterocycles. The lowest BCUT2D eigenvalue weighted by Gasteiger charge is -2.29. The van der Waals surface area contributed by atoms with Crippen LogP contribution < -0.4 is 0 Å². The third-order valence-electron chi connectivity index (χ3n) is 3.53. The van der Waals surface area contributed by atoms with Crippen molar-refractivity contribution < 1.29 is 10.0 Å². The van der Waals surface area contributed by atoms with E-state index in [0.717, 1.165) is 31.8 Å². The van der Waals surface area contributed by atoms with Crippen LogP contribution in [0.2, 0.25) is 0 Å². The first-order chi connectivity index (χ1) is 6.52. The minimum Gasteiger partial charge on any atom is -0.412 e. The zero-order valence-corrected chi connectivity index (χ0v) is 14.1. The molecule has 0 heterocycles. The molecule has 0 radical (unpaired) electrons. The van der Waals surface area contributed by atoms with Crippen LogP contribution in [0.15, 0.2) is 0 Å². The zero-order chi connectivity index (χ0) is 11.2. The lowest BCUT2D eigenvalue weighted by molar-refractivity contribution is 0.549. The van der Waals surface area contributed by atoms with Gasteiger partial charge in [0.25, 0.3) is 0 Å². The van der Waals surface area contributed by atoms with E-state index >= 15 is 0 Å². The van der Waals surface area contributed by atoms with E-state index in [9.17, 15) is 4.57 Å². The van der Waals surface area contributed by atoms with Gasteiger partial charge in [-0.2, -0.15) is 9.90 Å². The van der Waals surface area contributed by atoms with Crippen LogP contribution in [0.5, 0.6) is 0 Å². The monoisotopic (exact) mass is 270 g/mol. The van der Waals surface area contributed by atoms with Crippen molar-refractivity contribution >= 4 is 17.0 Å². The second kappa shape index (κ2) is 10.8. The molecule has 0 aromatic heterocycles. The lowest BCUT2D eigenvalue weighted by Crippen LogP contribution is -2.15. The molecule has 0 spiro atoms. The fourth-order valence-electron chi connectivity index (χ4n) is 1.90. The second-order valence-electron chi connectivity index (χ2n) is 4.45. The van der Waals surface area contributed by atoms with Crippen molar-refractivity contribution in [3.8, 4) is 0 Å². The molecule has 0 bridgehead atoms. The summed E-state index contributed by atoms with van der Waals surface area (Å²) in [7, 11) is -1.92. The zero-order valence-electron chi connectivity index (χ0n) is 11.8. The molecule has 0 aromatic carbocycles. The van der Waals surface area contributed by atoms with E-state index in [1.165, 1.54) is 0 Å². The molecular weight excluding hydrogens is 238 g/mol. The van der Waals surface area contributed by atoms with Gasteiger partial charge in [0.05, 0.1) is 7.14 Å². The molecular formula is C12H32O2P2. The maximum atomic E-state index is 12.8. The largest absolute Gasteiger partial charge is 0.412 e. The number of hydrogen-bond donors (Lipinski definition) is 0. The summed E-state index contributed by atoms with van der Waals surface area (Å²) in [5, 5.41) is 0. The van der Waals surface area contributed by atoms with Crippen LogP contribution in [0.1, 0.15) is 60.3 Å². The first-order valence-corrected chi connectivity index (χ1v) is 8.14. The molecule has 0 aromatic rings. The van der Waals surface area contributed by atoms with Crippen molar-refractivity contribution in [1.82, 2.24) is 0 Å². The van der Waals surface area contributed by atoms with Crippen molar-refractivity contribution in [3.05, 3.63) is 0 Å². The quantitative estimate of drug-likeness (QED) is 0.645. The molecule has 0 aliphatic rings. The highest BCUT2D eigenvalue weighted by Gasteiger charge is 2.32. The summed E-state index contributed by atoms with van der Waals surface area (Å²) in [6.45, 7) is 10.8. The molecule has 0 amide bonds. The standard InChI is InChI=1S/C12H27OP.H2O.H3P/c1-6-9-10-14(13,11(4)7-2)12(5)8-3;;/h11-12H,6-10H2,1-5H3;1H2;1H3. The van der Waals surface area contributed by atoms with E-state index in [1.807, 2.05) is 0 Å². The number of rotatable bonds is 7. The van der Waals surface area contributed by atoms with E-state index in [1.54, 1.807) is 0 Å². The van der Waals surface area contributed by atoms with Crippen molar-refractivity contribution in [1.29, 1.82) is 0 Å². The molecule has 2 N–H and O–H groups in total. The fourth-order valence-corrected chi connectivity index (χ4v) is 5.70. The van der Waals surface area contributed by atoms with E-state index in [2.05, 4.69) is 34.6 Å². The van der Waals surface area contributed by atoms with Crippen LogP contribution >= 0.6 is 17.0 Å². The van der Waals surface area contributed by atoms with E-state index in [0.29, 0.717) is 11.3 Å². The maximum Gasteiger partial charge on any atom is 0.0930 e. The molecule has 0 fully saturated rings. The van der Waals surface area contributed by atoms with Crippen molar-refractivity contribution in [2.45, 2.75) is 71.6 Å². The Morgan fingerprint density at radius 3 is 1.62 bits per heavy atom. The average molecular weight is 270 g/mol. The van der Waals surface area contributed by atoms with Gasteiger partial charge in [0.2, 0.25) is 0 Å². The topological polar surface area (TPSA) is 48.6 Å². The van der Waals surface area contributed by atoms with Gasteiger partial charge in [-0.1, -0.05) is 41.0 Å². The van der Waals surface area contributed by atoms with Gasteiger partial charge in [0.15, 0.2) is 0 Å². The van der Waals surface area contributed by atoms with Crippen LogP contribution in [0.25, 0.3) is 0 Å². The van der Waals surface area contributed by atoms with Crippen molar-refractivity contribution in [2.24, 2.45) is 0 Å². The highest BCUT2D eigenvalue weighted by molar-refractivity contribution is 7.65. The summed E-state index contributed by atoms with van der Waals surface area (Å²) in [4.78, 5) is 0. The Balaban J connectivity index is -0.000000845. The first-order valence-electron chi connectivity index (χ1n) is 6.11. The fraction of sp³-hybridized carbons (Fsp3) is 1.00. The second-order valence-corrected chi connectivity index (χ2v) is 8.36. The van der Waals surface area contributed by atoms with Gasteiger partial charge in [-0.3, -0.25) is 0 Å². The van der Waals surface area contributed by atoms with Crippen LogP contribution in [0.4, 0.5) is 0 Å². The minimum atomic E-state index is -1.92. The van der Waals surface area contributed by atoms with E-state index in [4.69, 9.17) is 0 Å². The number of unbranched alkanes of at least 4 members (excludes halogenated alkanes) is 1. The smallest absolute Gasteiger partial charge is 0.0930 e. The summed E-state index contributed by atoms with van der Waals surface area (Å²) in [5.41, 5.74) is 0.841. The van der Waals surface area contributed by atoms with Gasteiger partial charge in [-0.25, -0.2) is 0 Å². The van der Waals surface area contributed by atoms with Gasteiger partial charge in [-0.15, -0.1) is 0 Å². The molecule has 0 saturated carbocycles. The first kappa shape index (κ1) is 21.9. The number of hydrogen-bond acceptors (Lipinski definition) is 1. The van der Waals surface area contributed by atoms with Crippen LogP contribution in [-0.2, 0) is 4.57 Å². The molecule has 2 nitrogen and oxygen atoms in total. The Morgan fingerprint density at radius 1 is 1.00 bits per heavy atom. The van der Waals surface area contributed by atoms with Gasteiger partial charge in [-0.05, 0) is 19.3 Å². The molecule has 3 atom stereocenters. The van der Waals surface area contributed by atoms with Crippen molar-refractivity contribution in [3.63, 3.8) is 0 Å². The predicted molar refractivity (Wildman–Crippen MR) is 81.6 cm³/mol. The Bertz CT molecular complexity index is 181. The maximum absolute atomic E-state index is 12.8. The van der Waals surface area contributed by atoms with E-state index < -0.39 is 7.14 Å². The van der Waals surface area contributed by atoms with E-state index in [-0.39, 0.29) is 15.4 Å². The third kappa shape index (κ3) is 5.80. The Hall–Kier alpha value is 0.620. The molecule has 0 aliphatic carbocycles. The molecule has 3 unspecified atom stereocenters. The summed E-state index contributed by atoms with van der Waals surface area (Å²) in [6, 6.07) is 0. The molecule has 16 heavy (non-hydrogen) atoms. The summed E-state index contributed by atoms with van der Waals surface area (Å²) >= 11 is 0. The van der Waals surface area contributed by atoms with Crippen LogP contribution in [0, 0.1) is 0 Å². The molecule has 0 rings (SSSR count). The van der Waals surface area contributed by atoms with Gasteiger partial charge >= 0.3 is 0 Å². The Morgan fingerprint density at radius 2 is 1.38 bits per heavy atom. The minimum absolute atomic E-state index is 0. The van der Waals surface area contributed by atoms with Crippen LogP contribution in [-0.4, -0.2) is 23.0 Å². The average Bonchev–Trinajstić information content (AvgIpc) is 2.23. The summed E-state index contributed by atoms with van der Waals surface area (Å²) in [6.07, 6.45) is 5.38. The van der Waals surface area contributed by atoms with Gasteiger partial charge < -0.3 is 10.0 Å². The Kier molecular flexibility index (Phi) is 14.7. The van der Waals surface area contributed by atoms with Gasteiger partial charge in [0, 0.05) is 17.5 Å². The highest BCUT2D eigenvalue weighted by atomic mass is 31.2. The SMILES string of the molecule is CCCCP(=O)(C(C)CC)C(C)CC.O.P. The highest BCUT2D eigenvalue weighted by Crippen LogP contribution is 2.57. The predicted octanol–water partition coefficient (Wildman–Crippen LogP) is 3.98. The summed E-state index contributed by atoms with van der Waals surface area (Å²) < 4.78 is 12.8. The third-order valence-corrected chi connectivity index (χ3v) is 8.26. The molecule has 0 saturated heterocycles. The molecule has 4 heteroatoms. The van der Waals surface area contributed by atoms with Crippen LogP contribution in [0.3, 0.4) is 0 Å². The van der Waals surface area contributed by atoms with Gasteiger partial charge in [0.1, 0.15) is 0 Å². The summed E-state index contributed by atoms with van der Waals surface area (Å²) in [5.74, 6) is 0. The lowest BCUT2D eigenvalue weighted by atomic mass is 10.3. The normalized spacial score (nSPS) is 17.6.